The first kappa shape index (κ1) is 8.27. The van der Waals surface area contributed by atoms with Crippen LogP contribution in [-0.2, 0) is 9.53 Å². The number of rotatable bonds is 4. The Morgan fingerprint density at radius 1 is 1.64 bits per heavy atom. The standard InChI is InChI=1S/C8H12O3/c1-6(7-2-3-7)8(10)11-5-4-9/h7,9H,1-5H2. The number of hydrogen-bond donors (Lipinski definition) is 1. The van der Waals surface area contributed by atoms with Crippen molar-refractivity contribution < 1.29 is 14.6 Å². The molecule has 3 nitrogen and oxygen atoms in total. The van der Waals surface area contributed by atoms with Crippen LogP contribution in [0.2, 0.25) is 0 Å². The van der Waals surface area contributed by atoms with E-state index in [-0.39, 0.29) is 19.2 Å². The third-order valence-electron chi connectivity index (χ3n) is 1.66. The molecule has 3 heteroatoms. The van der Waals surface area contributed by atoms with E-state index < -0.39 is 0 Å². The Morgan fingerprint density at radius 2 is 2.27 bits per heavy atom. The van der Waals surface area contributed by atoms with Gasteiger partial charge in [0.1, 0.15) is 6.61 Å². The quantitative estimate of drug-likeness (QED) is 0.476. The highest BCUT2D eigenvalue weighted by Gasteiger charge is 2.29. The van der Waals surface area contributed by atoms with Crippen LogP contribution < -0.4 is 0 Å². The zero-order valence-corrected chi connectivity index (χ0v) is 6.38. The van der Waals surface area contributed by atoms with Crippen molar-refractivity contribution in [3.05, 3.63) is 12.2 Å². The molecule has 1 aliphatic carbocycles. The topological polar surface area (TPSA) is 46.5 Å². The van der Waals surface area contributed by atoms with Gasteiger partial charge < -0.3 is 9.84 Å². The molecule has 0 amide bonds. The Labute approximate surface area is 65.7 Å². The molecule has 0 spiro atoms. The van der Waals surface area contributed by atoms with Gasteiger partial charge in [-0.25, -0.2) is 4.79 Å². The molecule has 1 N–H and O–H groups in total. The predicted molar refractivity (Wildman–Crippen MR) is 39.9 cm³/mol. The predicted octanol–water partition coefficient (Wildman–Crippen LogP) is 0.488. The van der Waals surface area contributed by atoms with E-state index >= 15 is 0 Å². The number of carbonyl (C=O) groups is 1. The molecule has 0 radical (unpaired) electrons. The van der Waals surface area contributed by atoms with Crippen LogP contribution in [0.3, 0.4) is 0 Å². The van der Waals surface area contributed by atoms with Crippen LogP contribution in [0.15, 0.2) is 12.2 Å². The number of aliphatic hydroxyl groups excluding tert-OH is 1. The summed E-state index contributed by atoms with van der Waals surface area (Å²) in [6.07, 6.45) is 2.10. The summed E-state index contributed by atoms with van der Waals surface area (Å²) in [5.41, 5.74) is 0.554. The number of ether oxygens (including phenoxy) is 1. The second-order valence-corrected chi connectivity index (χ2v) is 2.66. The number of esters is 1. The van der Waals surface area contributed by atoms with Crippen molar-refractivity contribution in [2.24, 2.45) is 5.92 Å². The van der Waals surface area contributed by atoms with Gasteiger partial charge in [-0.05, 0) is 18.8 Å². The second-order valence-electron chi connectivity index (χ2n) is 2.66. The maximum absolute atomic E-state index is 11.0. The molecule has 0 aromatic rings. The Balaban J connectivity index is 2.22. The molecule has 1 fully saturated rings. The third kappa shape index (κ3) is 2.35. The van der Waals surface area contributed by atoms with Crippen LogP contribution in [0.25, 0.3) is 0 Å². The number of carbonyl (C=O) groups excluding carboxylic acids is 1. The van der Waals surface area contributed by atoms with E-state index in [4.69, 9.17) is 5.11 Å². The molecule has 0 aromatic carbocycles. The summed E-state index contributed by atoms with van der Waals surface area (Å²) in [5, 5.41) is 8.34. The van der Waals surface area contributed by atoms with E-state index in [1.54, 1.807) is 0 Å². The van der Waals surface area contributed by atoms with Gasteiger partial charge in [-0.1, -0.05) is 6.58 Å². The molecule has 0 bridgehead atoms. The normalized spacial score (nSPS) is 16.1. The van der Waals surface area contributed by atoms with Crippen molar-refractivity contribution in [1.29, 1.82) is 0 Å². The lowest BCUT2D eigenvalue weighted by Crippen LogP contribution is -2.11. The zero-order chi connectivity index (χ0) is 8.27. The van der Waals surface area contributed by atoms with Crippen LogP contribution in [0, 0.1) is 5.92 Å². The molecule has 0 unspecified atom stereocenters. The Bertz CT molecular complexity index is 170. The maximum atomic E-state index is 11.0. The van der Waals surface area contributed by atoms with Crippen molar-refractivity contribution in [3.63, 3.8) is 0 Å². The Morgan fingerprint density at radius 3 is 2.73 bits per heavy atom. The molecule has 1 aliphatic rings. The van der Waals surface area contributed by atoms with Gasteiger partial charge in [-0.2, -0.15) is 0 Å². The molecule has 0 aliphatic heterocycles. The molecule has 11 heavy (non-hydrogen) atoms. The third-order valence-corrected chi connectivity index (χ3v) is 1.66. The minimum absolute atomic E-state index is 0.0740. The van der Waals surface area contributed by atoms with E-state index in [2.05, 4.69) is 11.3 Å². The van der Waals surface area contributed by atoms with Crippen LogP contribution in [-0.4, -0.2) is 24.3 Å². The van der Waals surface area contributed by atoms with E-state index in [0.29, 0.717) is 11.5 Å². The average molecular weight is 156 g/mol. The number of aliphatic hydroxyl groups is 1. The highest BCUT2D eigenvalue weighted by molar-refractivity contribution is 5.88. The molecule has 1 saturated carbocycles. The maximum Gasteiger partial charge on any atom is 0.333 e. The fourth-order valence-electron chi connectivity index (χ4n) is 0.830. The van der Waals surface area contributed by atoms with Gasteiger partial charge in [0.05, 0.1) is 6.61 Å². The Hall–Kier alpha value is -0.830. The van der Waals surface area contributed by atoms with E-state index in [0.717, 1.165) is 12.8 Å². The molecule has 62 valence electrons. The molecule has 0 saturated heterocycles. The van der Waals surface area contributed by atoms with Crippen LogP contribution in [0.1, 0.15) is 12.8 Å². The molecule has 1 rings (SSSR count). The van der Waals surface area contributed by atoms with Crippen molar-refractivity contribution in [1.82, 2.24) is 0 Å². The van der Waals surface area contributed by atoms with Crippen LogP contribution in [0.5, 0.6) is 0 Å². The van der Waals surface area contributed by atoms with Gasteiger partial charge in [0.15, 0.2) is 0 Å². The molecule has 0 atom stereocenters. The number of hydrogen-bond acceptors (Lipinski definition) is 3. The monoisotopic (exact) mass is 156 g/mol. The van der Waals surface area contributed by atoms with Gasteiger partial charge in [0, 0.05) is 5.57 Å². The first-order valence-electron chi connectivity index (χ1n) is 3.72. The summed E-state index contributed by atoms with van der Waals surface area (Å²) in [4.78, 5) is 11.0. The fraction of sp³-hybridized carbons (Fsp3) is 0.625. The molecular weight excluding hydrogens is 144 g/mol. The summed E-state index contributed by atoms with van der Waals surface area (Å²) in [5.74, 6) is -0.0113. The minimum atomic E-state index is -0.360. The van der Waals surface area contributed by atoms with Gasteiger partial charge in [-0.15, -0.1) is 0 Å². The van der Waals surface area contributed by atoms with E-state index in [1.165, 1.54) is 0 Å². The molecular formula is C8H12O3. The van der Waals surface area contributed by atoms with E-state index in [9.17, 15) is 4.79 Å². The smallest absolute Gasteiger partial charge is 0.333 e. The summed E-state index contributed by atoms with van der Waals surface area (Å²) in [6.45, 7) is 3.57. The minimum Gasteiger partial charge on any atom is -0.460 e. The van der Waals surface area contributed by atoms with Crippen LogP contribution >= 0.6 is 0 Å². The van der Waals surface area contributed by atoms with Crippen molar-refractivity contribution in [2.75, 3.05) is 13.2 Å². The van der Waals surface area contributed by atoms with Gasteiger partial charge in [0.25, 0.3) is 0 Å². The van der Waals surface area contributed by atoms with E-state index in [1.807, 2.05) is 0 Å². The Kier molecular flexibility index (Phi) is 2.65. The summed E-state index contributed by atoms with van der Waals surface area (Å²) in [7, 11) is 0. The highest BCUT2D eigenvalue weighted by atomic mass is 16.5. The lowest BCUT2D eigenvalue weighted by atomic mass is 10.2. The molecule has 0 aromatic heterocycles. The fourth-order valence-corrected chi connectivity index (χ4v) is 0.830. The van der Waals surface area contributed by atoms with Gasteiger partial charge >= 0.3 is 5.97 Å². The van der Waals surface area contributed by atoms with Crippen molar-refractivity contribution in [2.45, 2.75) is 12.8 Å². The average Bonchev–Trinajstić information content (AvgIpc) is 2.81. The summed E-state index contributed by atoms with van der Waals surface area (Å²) < 4.78 is 4.67. The molecule has 0 heterocycles. The first-order valence-corrected chi connectivity index (χ1v) is 3.72. The largest absolute Gasteiger partial charge is 0.460 e. The van der Waals surface area contributed by atoms with Crippen LogP contribution in [0.4, 0.5) is 0 Å². The second kappa shape index (κ2) is 3.53. The summed E-state index contributed by atoms with van der Waals surface area (Å²) >= 11 is 0. The zero-order valence-electron chi connectivity index (χ0n) is 6.38. The SMILES string of the molecule is C=C(C(=O)OCCO)C1CC1. The summed E-state index contributed by atoms with van der Waals surface area (Å²) in [6, 6.07) is 0. The first-order chi connectivity index (χ1) is 5.25. The lowest BCUT2D eigenvalue weighted by Gasteiger charge is -2.02. The highest BCUT2D eigenvalue weighted by Crippen LogP contribution is 2.35. The lowest BCUT2D eigenvalue weighted by molar-refractivity contribution is -0.140. The van der Waals surface area contributed by atoms with Gasteiger partial charge in [0.2, 0.25) is 0 Å². The van der Waals surface area contributed by atoms with Crippen molar-refractivity contribution >= 4 is 5.97 Å². The van der Waals surface area contributed by atoms with Crippen molar-refractivity contribution in [3.8, 4) is 0 Å². The van der Waals surface area contributed by atoms with Gasteiger partial charge in [-0.3, -0.25) is 0 Å².